The molecule has 0 aromatic rings. The summed E-state index contributed by atoms with van der Waals surface area (Å²) in [5.74, 6) is 1.47. The molecule has 1 N–H and O–H groups in total. The van der Waals surface area contributed by atoms with Crippen molar-refractivity contribution >= 4 is 41.8 Å². The predicted octanol–water partition coefficient (Wildman–Crippen LogP) is 1.77. The van der Waals surface area contributed by atoms with E-state index in [9.17, 15) is 9.59 Å². The minimum Gasteiger partial charge on any atom is -0.357 e. The molecule has 2 aliphatic heterocycles. The molecule has 0 bridgehead atoms. The van der Waals surface area contributed by atoms with Gasteiger partial charge in [0.05, 0.1) is 6.54 Å². The molecule has 2 rings (SSSR count). The van der Waals surface area contributed by atoms with E-state index in [2.05, 4.69) is 40.9 Å². The third kappa shape index (κ3) is 7.21. The molecule has 8 heteroatoms. The van der Waals surface area contributed by atoms with Crippen molar-refractivity contribution in [3.05, 3.63) is 0 Å². The SMILES string of the molecule is CCNC(=NCCN1C(=O)CCCC1=O)N1CCC(CN(CC)CC)C1.I. The molecule has 0 radical (unpaired) electrons. The Hall–Kier alpha value is -0.900. The molecule has 0 spiro atoms. The summed E-state index contributed by atoms with van der Waals surface area (Å²) >= 11 is 0. The number of guanidine groups is 1. The van der Waals surface area contributed by atoms with E-state index >= 15 is 0 Å². The second-order valence-electron chi connectivity index (χ2n) is 7.11. The van der Waals surface area contributed by atoms with Gasteiger partial charge in [-0.2, -0.15) is 0 Å². The van der Waals surface area contributed by atoms with Crippen LogP contribution in [0.3, 0.4) is 0 Å². The van der Waals surface area contributed by atoms with Crippen LogP contribution in [0.15, 0.2) is 4.99 Å². The lowest BCUT2D eigenvalue weighted by Crippen LogP contribution is -2.43. The van der Waals surface area contributed by atoms with Crippen molar-refractivity contribution in [3.63, 3.8) is 0 Å². The van der Waals surface area contributed by atoms with Gasteiger partial charge >= 0.3 is 0 Å². The smallest absolute Gasteiger partial charge is 0.229 e. The lowest BCUT2D eigenvalue weighted by Gasteiger charge is -2.26. The maximum Gasteiger partial charge on any atom is 0.229 e. The third-order valence-electron chi connectivity index (χ3n) is 5.30. The topological polar surface area (TPSA) is 68.2 Å². The van der Waals surface area contributed by atoms with Crippen LogP contribution >= 0.6 is 24.0 Å². The van der Waals surface area contributed by atoms with Crippen LogP contribution in [0.4, 0.5) is 0 Å². The van der Waals surface area contributed by atoms with Gasteiger partial charge in [0.15, 0.2) is 5.96 Å². The minimum absolute atomic E-state index is 0. The summed E-state index contributed by atoms with van der Waals surface area (Å²) in [6, 6.07) is 0. The zero-order valence-electron chi connectivity index (χ0n) is 17.1. The van der Waals surface area contributed by atoms with Gasteiger partial charge in [0.2, 0.25) is 11.8 Å². The maximum absolute atomic E-state index is 11.9. The van der Waals surface area contributed by atoms with E-state index in [1.54, 1.807) is 0 Å². The number of amides is 2. The minimum atomic E-state index is -0.0538. The number of halogens is 1. The quantitative estimate of drug-likeness (QED) is 0.242. The molecular weight excluding hydrogens is 457 g/mol. The lowest BCUT2D eigenvalue weighted by molar-refractivity contribution is -0.147. The molecule has 2 fully saturated rings. The van der Waals surface area contributed by atoms with E-state index in [0.717, 1.165) is 45.2 Å². The number of aliphatic imine (C=N–C) groups is 1. The molecule has 7 nitrogen and oxygen atoms in total. The Kier molecular flexibility index (Phi) is 11.2. The number of likely N-dealkylation sites (tertiary alicyclic amines) is 2. The predicted molar refractivity (Wildman–Crippen MR) is 119 cm³/mol. The number of nitrogens with one attached hydrogen (secondary N) is 1. The van der Waals surface area contributed by atoms with Crippen LogP contribution in [0.1, 0.15) is 46.5 Å². The average Bonchev–Trinajstić information content (AvgIpc) is 3.09. The molecule has 0 aromatic heterocycles. The van der Waals surface area contributed by atoms with Crippen LogP contribution in [-0.4, -0.2) is 84.8 Å². The van der Waals surface area contributed by atoms with Gasteiger partial charge in [-0.15, -0.1) is 24.0 Å². The van der Waals surface area contributed by atoms with Crippen molar-refractivity contribution in [2.45, 2.75) is 46.5 Å². The second-order valence-corrected chi connectivity index (χ2v) is 7.11. The Morgan fingerprint density at radius 2 is 1.85 bits per heavy atom. The first-order valence-corrected chi connectivity index (χ1v) is 10.2. The summed E-state index contributed by atoms with van der Waals surface area (Å²) < 4.78 is 0. The zero-order valence-corrected chi connectivity index (χ0v) is 19.4. The number of hydrogen-bond acceptors (Lipinski definition) is 4. The molecule has 0 saturated carbocycles. The van der Waals surface area contributed by atoms with Gasteiger partial charge in [0.25, 0.3) is 0 Å². The fraction of sp³-hybridized carbons (Fsp3) is 0.842. The van der Waals surface area contributed by atoms with Gasteiger partial charge in [0, 0.05) is 45.6 Å². The van der Waals surface area contributed by atoms with E-state index < -0.39 is 0 Å². The highest BCUT2D eigenvalue weighted by molar-refractivity contribution is 14.0. The number of piperidine rings is 1. The highest BCUT2D eigenvalue weighted by Crippen LogP contribution is 2.18. The molecule has 1 unspecified atom stereocenters. The van der Waals surface area contributed by atoms with Crippen molar-refractivity contribution in [1.82, 2.24) is 20.0 Å². The first-order chi connectivity index (χ1) is 12.6. The van der Waals surface area contributed by atoms with Crippen LogP contribution in [0, 0.1) is 5.92 Å². The molecule has 2 heterocycles. The van der Waals surface area contributed by atoms with Gasteiger partial charge in [-0.1, -0.05) is 13.8 Å². The van der Waals surface area contributed by atoms with Crippen molar-refractivity contribution in [3.8, 4) is 0 Å². The first-order valence-electron chi connectivity index (χ1n) is 10.2. The van der Waals surface area contributed by atoms with Crippen LogP contribution in [-0.2, 0) is 9.59 Å². The Morgan fingerprint density at radius 1 is 1.19 bits per heavy atom. The summed E-state index contributed by atoms with van der Waals surface area (Å²) in [6.07, 6.45) is 2.83. The monoisotopic (exact) mass is 493 g/mol. The normalized spacial score (nSPS) is 21.0. The third-order valence-corrected chi connectivity index (χ3v) is 5.30. The number of carbonyl (C=O) groups is 2. The van der Waals surface area contributed by atoms with Crippen LogP contribution < -0.4 is 5.32 Å². The molecule has 27 heavy (non-hydrogen) atoms. The first kappa shape index (κ1) is 24.1. The summed E-state index contributed by atoms with van der Waals surface area (Å²) in [7, 11) is 0. The van der Waals surface area contributed by atoms with Crippen LogP contribution in [0.25, 0.3) is 0 Å². The Labute approximate surface area is 180 Å². The van der Waals surface area contributed by atoms with Crippen molar-refractivity contribution in [2.75, 3.05) is 52.4 Å². The molecule has 1 atom stereocenters. The van der Waals surface area contributed by atoms with Gasteiger partial charge in [-0.25, -0.2) is 0 Å². The maximum atomic E-state index is 11.9. The highest BCUT2D eigenvalue weighted by atomic mass is 127. The summed E-state index contributed by atoms with van der Waals surface area (Å²) in [5.41, 5.74) is 0. The average molecular weight is 493 g/mol. The number of carbonyl (C=O) groups excluding carboxylic acids is 2. The molecule has 2 aliphatic rings. The van der Waals surface area contributed by atoms with Crippen molar-refractivity contribution < 1.29 is 9.59 Å². The Balaban J connectivity index is 0.00000364. The summed E-state index contributed by atoms with van der Waals surface area (Å²) in [5, 5.41) is 3.36. The lowest BCUT2D eigenvalue weighted by atomic mass is 10.1. The summed E-state index contributed by atoms with van der Waals surface area (Å²) in [6.45, 7) is 13.5. The van der Waals surface area contributed by atoms with E-state index in [1.165, 1.54) is 11.3 Å². The van der Waals surface area contributed by atoms with Crippen molar-refractivity contribution in [1.29, 1.82) is 0 Å². The van der Waals surface area contributed by atoms with Gasteiger partial charge < -0.3 is 15.1 Å². The van der Waals surface area contributed by atoms with Crippen LogP contribution in [0.2, 0.25) is 0 Å². The molecule has 2 amide bonds. The molecule has 0 aliphatic carbocycles. The Bertz CT molecular complexity index is 494. The van der Waals surface area contributed by atoms with E-state index in [4.69, 9.17) is 0 Å². The Morgan fingerprint density at radius 3 is 2.44 bits per heavy atom. The molecule has 156 valence electrons. The highest BCUT2D eigenvalue weighted by Gasteiger charge is 2.27. The number of nitrogens with zero attached hydrogens (tertiary/aromatic N) is 4. The second kappa shape index (κ2) is 12.5. The van der Waals surface area contributed by atoms with Gasteiger partial charge in [-0.3, -0.25) is 19.5 Å². The number of rotatable bonds is 8. The zero-order chi connectivity index (χ0) is 18.9. The van der Waals surface area contributed by atoms with E-state index in [-0.39, 0.29) is 35.8 Å². The molecular formula is C19H36IN5O2. The number of hydrogen-bond donors (Lipinski definition) is 1. The fourth-order valence-corrected chi connectivity index (χ4v) is 3.75. The van der Waals surface area contributed by atoms with E-state index in [0.29, 0.717) is 38.3 Å². The molecule has 0 aromatic carbocycles. The van der Waals surface area contributed by atoms with Crippen molar-refractivity contribution in [2.24, 2.45) is 10.9 Å². The molecule has 2 saturated heterocycles. The van der Waals surface area contributed by atoms with Gasteiger partial charge in [-0.05, 0) is 38.8 Å². The fourth-order valence-electron chi connectivity index (χ4n) is 3.75. The van der Waals surface area contributed by atoms with Crippen LogP contribution in [0.5, 0.6) is 0 Å². The standard InChI is InChI=1S/C19H35N5O2.HI/c1-4-20-19(21-11-13-24-17(25)8-7-9-18(24)26)23-12-10-16(15-23)14-22(5-2)6-3;/h16H,4-15H2,1-3H3,(H,20,21);1H. The van der Waals surface area contributed by atoms with Gasteiger partial charge in [0.1, 0.15) is 0 Å². The summed E-state index contributed by atoms with van der Waals surface area (Å²) in [4.78, 5) is 34.6. The largest absolute Gasteiger partial charge is 0.357 e. The number of imide groups is 1. The van der Waals surface area contributed by atoms with E-state index in [1.807, 2.05) is 0 Å².